The van der Waals surface area contributed by atoms with Crippen LogP contribution in [0.25, 0.3) is 6.08 Å². The van der Waals surface area contributed by atoms with Gasteiger partial charge in [-0.3, -0.25) is 19.3 Å². The highest BCUT2D eigenvalue weighted by Gasteiger charge is 2.35. The molecule has 4 rings (SSSR count). The molecule has 208 valence electrons. The Balaban J connectivity index is 1.47. The lowest BCUT2D eigenvalue weighted by Gasteiger charge is -2.13. The maximum Gasteiger partial charge on any atom is 0.339 e. The van der Waals surface area contributed by atoms with Crippen molar-refractivity contribution in [2.75, 3.05) is 25.1 Å². The van der Waals surface area contributed by atoms with Gasteiger partial charge < -0.3 is 19.0 Å². The quantitative estimate of drug-likeness (QED) is 0.247. The Morgan fingerprint density at radius 3 is 2.38 bits per heavy atom. The molecule has 0 spiro atoms. The SMILES string of the molecule is CCOc1cc(/C=C2\SC(=O)N(CCOc3ccccc3)C2=O)ccc1OS(=O)(=O)c1ccc(NC(C)=O)cc1. The van der Waals surface area contributed by atoms with Crippen LogP contribution in [0.4, 0.5) is 10.5 Å². The second-order valence-corrected chi connectivity index (χ2v) is 10.9. The first-order valence-electron chi connectivity index (χ1n) is 12.2. The van der Waals surface area contributed by atoms with Crippen molar-refractivity contribution in [3.63, 3.8) is 0 Å². The van der Waals surface area contributed by atoms with E-state index in [1.54, 1.807) is 25.1 Å². The van der Waals surface area contributed by atoms with Gasteiger partial charge in [-0.2, -0.15) is 8.42 Å². The summed E-state index contributed by atoms with van der Waals surface area (Å²) < 4.78 is 42.3. The number of carbonyl (C=O) groups is 3. The topological polar surface area (TPSA) is 128 Å². The lowest BCUT2D eigenvalue weighted by Crippen LogP contribution is -2.32. The summed E-state index contributed by atoms with van der Waals surface area (Å²) in [5.41, 5.74) is 0.956. The average molecular weight is 583 g/mol. The summed E-state index contributed by atoms with van der Waals surface area (Å²) in [6.07, 6.45) is 1.53. The molecule has 1 N–H and O–H groups in total. The van der Waals surface area contributed by atoms with Crippen molar-refractivity contribution in [3.05, 3.63) is 83.3 Å². The van der Waals surface area contributed by atoms with Crippen LogP contribution >= 0.6 is 11.8 Å². The molecule has 1 aliphatic rings. The number of hydrogen-bond donors (Lipinski definition) is 1. The Morgan fingerprint density at radius 2 is 1.70 bits per heavy atom. The molecule has 1 aliphatic heterocycles. The maximum absolute atomic E-state index is 12.9. The van der Waals surface area contributed by atoms with Crippen LogP contribution in [0.1, 0.15) is 19.4 Å². The van der Waals surface area contributed by atoms with E-state index in [0.29, 0.717) is 17.0 Å². The summed E-state index contributed by atoms with van der Waals surface area (Å²) in [5.74, 6) is 0.00596. The molecule has 3 aromatic carbocycles. The first-order chi connectivity index (χ1) is 19.2. The molecule has 0 saturated carbocycles. The van der Waals surface area contributed by atoms with Crippen molar-refractivity contribution in [2.45, 2.75) is 18.7 Å². The van der Waals surface area contributed by atoms with Gasteiger partial charge in [0.05, 0.1) is 18.1 Å². The van der Waals surface area contributed by atoms with Gasteiger partial charge in [-0.25, -0.2) is 0 Å². The summed E-state index contributed by atoms with van der Waals surface area (Å²) >= 11 is 0.807. The van der Waals surface area contributed by atoms with E-state index in [9.17, 15) is 22.8 Å². The fourth-order valence-corrected chi connectivity index (χ4v) is 5.45. The smallest absolute Gasteiger partial charge is 0.339 e. The van der Waals surface area contributed by atoms with E-state index in [4.69, 9.17) is 13.7 Å². The lowest BCUT2D eigenvalue weighted by atomic mass is 10.2. The first kappa shape index (κ1) is 28.7. The minimum Gasteiger partial charge on any atom is -0.492 e. The normalized spacial score (nSPS) is 14.3. The first-order valence-corrected chi connectivity index (χ1v) is 14.4. The number of carbonyl (C=O) groups excluding carboxylic acids is 3. The molecule has 0 bridgehead atoms. The molecule has 0 radical (unpaired) electrons. The number of rotatable bonds is 11. The molecule has 0 unspecified atom stereocenters. The molecule has 10 nitrogen and oxygen atoms in total. The number of ether oxygens (including phenoxy) is 2. The Kier molecular flexibility index (Phi) is 9.12. The van der Waals surface area contributed by atoms with Crippen LogP contribution in [0.15, 0.2) is 82.6 Å². The molecular formula is C28H26N2O8S2. The molecule has 1 heterocycles. The van der Waals surface area contributed by atoms with Crippen molar-refractivity contribution >= 4 is 50.7 Å². The summed E-state index contributed by atoms with van der Waals surface area (Å²) in [4.78, 5) is 37.7. The monoisotopic (exact) mass is 582 g/mol. The Labute approximate surface area is 236 Å². The molecule has 12 heteroatoms. The second-order valence-electron chi connectivity index (χ2n) is 8.38. The van der Waals surface area contributed by atoms with E-state index < -0.39 is 21.3 Å². The summed E-state index contributed by atoms with van der Waals surface area (Å²) in [7, 11) is -4.22. The fraction of sp³-hybridized carbons (Fsp3) is 0.179. The van der Waals surface area contributed by atoms with E-state index in [1.807, 2.05) is 18.2 Å². The summed E-state index contributed by atoms with van der Waals surface area (Å²) in [6, 6.07) is 19.1. The van der Waals surface area contributed by atoms with Crippen molar-refractivity contribution in [2.24, 2.45) is 0 Å². The number of hydrogen-bond acceptors (Lipinski definition) is 9. The van der Waals surface area contributed by atoms with Crippen LogP contribution in [0.5, 0.6) is 17.2 Å². The summed E-state index contributed by atoms with van der Waals surface area (Å²) in [5, 5.41) is 2.16. The van der Waals surface area contributed by atoms with Gasteiger partial charge in [0, 0.05) is 12.6 Å². The zero-order valence-electron chi connectivity index (χ0n) is 21.7. The van der Waals surface area contributed by atoms with Gasteiger partial charge in [-0.15, -0.1) is 0 Å². The number of imide groups is 1. The van der Waals surface area contributed by atoms with Crippen molar-refractivity contribution in [1.82, 2.24) is 4.90 Å². The minimum atomic E-state index is -4.22. The molecule has 40 heavy (non-hydrogen) atoms. The van der Waals surface area contributed by atoms with E-state index in [-0.39, 0.29) is 47.0 Å². The molecule has 0 aromatic heterocycles. The third-order valence-corrected chi connectivity index (χ3v) is 7.58. The highest BCUT2D eigenvalue weighted by Crippen LogP contribution is 2.35. The number of thioether (sulfide) groups is 1. The van der Waals surface area contributed by atoms with E-state index in [2.05, 4.69) is 5.32 Å². The van der Waals surface area contributed by atoms with Crippen LogP contribution < -0.4 is 19.0 Å². The number of nitrogens with one attached hydrogen (secondary N) is 1. The molecule has 0 aliphatic carbocycles. The third-order valence-electron chi connectivity index (χ3n) is 5.43. The molecule has 1 saturated heterocycles. The van der Waals surface area contributed by atoms with Crippen molar-refractivity contribution in [3.8, 4) is 17.2 Å². The third kappa shape index (κ3) is 7.21. The Bertz CT molecular complexity index is 1540. The minimum absolute atomic E-state index is 0.0453. The molecule has 0 atom stereocenters. The number of amides is 3. The number of anilines is 1. The molecule has 3 amide bonds. The van der Waals surface area contributed by atoms with E-state index in [1.165, 1.54) is 49.4 Å². The largest absolute Gasteiger partial charge is 0.492 e. The van der Waals surface area contributed by atoms with Gasteiger partial charge in [-0.1, -0.05) is 24.3 Å². The van der Waals surface area contributed by atoms with Crippen LogP contribution in [0, 0.1) is 0 Å². The number of para-hydroxylation sites is 1. The summed E-state index contributed by atoms with van der Waals surface area (Å²) in [6.45, 7) is 3.55. The highest BCUT2D eigenvalue weighted by atomic mass is 32.2. The molecular weight excluding hydrogens is 556 g/mol. The van der Waals surface area contributed by atoms with Gasteiger partial charge in [0.1, 0.15) is 17.3 Å². The fourth-order valence-electron chi connectivity index (χ4n) is 3.64. The van der Waals surface area contributed by atoms with Crippen LogP contribution in [0.3, 0.4) is 0 Å². The van der Waals surface area contributed by atoms with E-state index in [0.717, 1.165) is 16.7 Å². The van der Waals surface area contributed by atoms with Gasteiger partial charge in [0.2, 0.25) is 5.91 Å². The Morgan fingerprint density at radius 1 is 0.975 bits per heavy atom. The molecule has 3 aromatic rings. The number of nitrogens with zero attached hydrogens (tertiary/aromatic N) is 1. The van der Waals surface area contributed by atoms with Crippen molar-refractivity contribution < 1.29 is 36.5 Å². The van der Waals surface area contributed by atoms with Gasteiger partial charge in [0.25, 0.3) is 11.1 Å². The van der Waals surface area contributed by atoms with Crippen LogP contribution in [-0.2, 0) is 19.7 Å². The lowest BCUT2D eigenvalue weighted by molar-refractivity contribution is -0.123. The highest BCUT2D eigenvalue weighted by molar-refractivity contribution is 8.18. The molecule has 1 fully saturated rings. The standard InChI is InChI=1S/C28H26N2O8S2/c1-3-36-25-17-20(9-14-24(25)38-40(34,35)23-12-10-21(11-13-23)29-19(2)31)18-26-27(32)30(28(33)39-26)15-16-37-22-7-5-4-6-8-22/h4-14,17-18H,3,15-16H2,1-2H3,(H,29,31)/b26-18-. The number of benzene rings is 3. The average Bonchev–Trinajstić information content (AvgIpc) is 3.18. The Hall–Kier alpha value is -4.29. The second kappa shape index (κ2) is 12.7. The maximum atomic E-state index is 12.9. The van der Waals surface area contributed by atoms with Crippen molar-refractivity contribution in [1.29, 1.82) is 0 Å². The van der Waals surface area contributed by atoms with E-state index >= 15 is 0 Å². The van der Waals surface area contributed by atoms with Crippen LogP contribution in [0.2, 0.25) is 0 Å². The predicted octanol–water partition coefficient (Wildman–Crippen LogP) is 4.93. The zero-order valence-corrected chi connectivity index (χ0v) is 23.3. The predicted molar refractivity (Wildman–Crippen MR) is 151 cm³/mol. The zero-order chi connectivity index (χ0) is 28.7. The van der Waals surface area contributed by atoms with Gasteiger partial charge >= 0.3 is 10.1 Å². The van der Waals surface area contributed by atoms with Gasteiger partial charge in [-0.05, 0) is 78.9 Å². The van der Waals surface area contributed by atoms with Crippen LogP contribution in [-0.4, -0.2) is 50.1 Å². The van der Waals surface area contributed by atoms with Gasteiger partial charge in [0.15, 0.2) is 11.5 Å².